The van der Waals surface area contributed by atoms with Crippen molar-refractivity contribution in [1.29, 1.82) is 0 Å². The Labute approximate surface area is 203 Å². The normalized spacial score (nSPS) is 19.6. The first-order chi connectivity index (χ1) is 16.4. The molecule has 3 aromatic rings. The summed E-state index contributed by atoms with van der Waals surface area (Å²) in [5.74, 6) is 0.656. The number of sulfonamides is 1. The molecule has 0 spiro atoms. The van der Waals surface area contributed by atoms with Gasteiger partial charge in [-0.25, -0.2) is 13.4 Å². The Bertz CT molecular complexity index is 1300. The van der Waals surface area contributed by atoms with Gasteiger partial charge in [0.05, 0.1) is 16.7 Å². The van der Waals surface area contributed by atoms with Gasteiger partial charge in [-0.05, 0) is 44.0 Å². The zero-order chi connectivity index (χ0) is 23.9. The number of aryl methyl sites for hydroxylation is 1. The van der Waals surface area contributed by atoms with Gasteiger partial charge in [-0.1, -0.05) is 35.1 Å². The minimum Gasteiger partial charge on any atom is -0.494 e. The number of amides is 1. The average molecular weight is 501 g/mol. The molecule has 0 radical (unpaired) electrons. The molecule has 10 heteroatoms. The summed E-state index contributed by atoms with van der Waals surface area (Å²) in [6, 6.07) is 12.1. The fraction of sp³-hybridized carbons (Fsp3) is 0.417. The number of benzene rings is 2. The zero-order valence-electron chi connectivity index (χ0n) is 19.3. The number of rotatable bonds is 5. The summed E-state index contributed by atoms with van der Waals surface area (Å²) in [4.78, 5) is 22.4. The molecule has 1 amide bonds. The summed E-state index contributed by atoms with van der Waals surface area (Å²) in [6.45, 7) is 4.70. The molecule has 2 aromatic carbocycles. The van der Waals surface area contributed by atoms with E-state index < -0.39 is 16.1 Å². The Morgan fingerprint density at radius 2 is 1.79 bits per heavy atom. The van der Waals surface area contributed by atoms with E-state index in [2.05, 4.69) is 4.90 Å². The number of methoxy groups -OCH3 is 1. The topological polar surface area (TPSA) is 83.0 Å². The maximum atomic E-state index is 13.4. The molecule has 1 aromatic heterocycles. The van der Waals surface area contributed by atoms with E-state index >= 15 is 0 Å². The summed E-state index contributed by atoms with van der Waals surface area (Å²) in [6.07, 6.45) is 1.25. The number of carbonyl (C=O) groups excluding carboxylic acids is 1. The number of aromatic nitrogens is 1. The molecule has 0 aliphatic carbocycles. The highest BCUT2D eigenvalue weighted by Gasteiger charge is 2.41. The number of anilines is 1. The fourth-order valence-corrected chi connectivity index (χ4v) is 7.35. The number of ether oxygens (including phenoxy) is 1. The Kier molecular flexibility index (Phi) is 6.22. The van der Waals surface area contributed by atoms with Crippen LogP contribution >= 0.6 is 11.3 Å². The van der Waals surface area contributed by atoms with E-state index in [1.54, 1.807) is 47.6 Å². The molecule has 180 valence electrons. The van der Waals surface area contributed by atoms with E-state index in [1.807, 2.05) is 25.1 Å². The number of carbonyl (C=O) groups is 1. The van der Waals surface area contributed by atoms with Crippen molar-refractivity contribution in [3.05, 3.63) is 48.0 Å². The van der Waals surface area contributed by atoms with Gasteiger partial charge in [0.25, 0.3) is 0 Å². The van der Waals surface area contributed by atoms with Crippen molar-refractivity contribution in [3.63, 3.8) is 0 Å². The third kappa shape index (κ3) is 4.14. The molecule has 34 heavy (non-hydrogen) atoms. The highest BCUT2D eigenvalue weighted by molar-refractivity contribution is 7.89. The lowest BCUT2D eigenvalue weighted by molar-refractivity contribution is -0.134. The van der Waals surface area contributed by atoms with Gasteiger partial charge in [0, 0.05) is 32.7 Å². The monoisotopic (exact) mass is 500 g/mol. The number of piperazine rings is 1. The Morgan fingerprint density at radius 1 is 1.06 bits per heavy atom. The second-order valence-corrected chi connectivity index (χ2v) is 11.6. The largest absolute Gasteiger partial charge is 0.494 e. The molecule has 2 aliphatic rings. The first-order valence-electron chi connectivity index (χ1n) is 11.4. The standard InChI is InChI=1S/C24H28N4O4S2/c1-17-8-10-18(11-9-17)34(30,31)28-12-4-5-19(28)23(29)26-13-15-27(16-14-26)24-25-22-20(32-2)6-3-7-21(22)33-24/h3,6-11,19H,4-5,12-16H2,1-2H3. The van der Waals surface area contributed by atoms with E-state index in [0.717, 1.165) is 26.7 Å². The second kappa shape index (κ2) is 9.16. The van der Waals surface area contributed by atoms with E-state index in [1.165, 1.54) is 4.31 Å². The molecule has 2 fully saturated rings. The number of para-hydroxylation sites is 1. The lowest BCUT2D eigenvalue weighted by Crippen LogP contribution is -2.54. The first-order valence-corrected chi connectivity index (χ1v) is 13.7. The Balaban J connectivity index is 1.28. The van der Waals surface area contributed by atoms with Crippen molar-refractivity contribution in [2.75, 3.05) is 44.7 Å². The lowest BCUT2D eigenvalue weighted by Gasteiger charge is -2.37. The van der Waals surface area contributed by atoms with Crippen LogP contribution in [0.3, 0.4) is 0 Å². The molecule has 1 atom stereocenters. The van der Waals surface area contributed by atoms with Crippen LogP contribution in [0, 0.1) is 6.92 Å². The maximum absolute atomic E-state index is 13.4. The molecule has 1 unspecified atom stereocenters. The van der Waals surface area contributed by atoms with E-state index in [4.69, 9.17) is 9.72 Å². The smallest absolute Gasteiger partial charge is 0.243 e. The Hall–Kier alpha value is -2.69. The van der Waals surface area contributed by atoms with Crippen LogP contribution in [0.5, 0.6) is 5.75 Å². The molecule has 0 saturated carbocycles. The van der Waals surface area contributed by atoms with Crippen molar-refractivity contribution < 1.29 is 17.9 Å². The predicted molar refractivity (Wildman–Crippen MR) is 133 cm³/mol. The van der Waals surface area contributed by atoms with Gasteiger partial charge in [0.15, 0.2) is 5.13 Å². The van der Waals surface area contributed by atoms with Gasteiger partial charge in [-0.2, -0.15) is 4.31 Å². The Morgan fingerprint density at radius 3 is 2.50 bits per heavy atom. The van der Waals surface area contributed by atoms with Crippen molar-refractivity contribution >= 4 is 42.6 Å². The SMILES string of the molecule is COc1cccc2sc(N3CCN(C(=O)C4CCCN4S(=O)(=O)c4ccc(C)cc4)CC3)nc12. The molecular weight excluding hydrogens is 472 g/mol. The summed E-state index contributed by atoms with van der Waals surface area (Å²) in [5, 5.41) is 0.913. The first kappa shape index (κ1) is 23.1. The molecule has 2 aliphatic heterocycles. The van der Waals surface area contributed by atoms with Gasteiger partial charge in [0.1, 0.15) is 17.3 Å². The molecule has 5 rings (SSSR count). The third-order valence-corrected chi connectivity index (χ3v) is 9.57. The van der Waals surface area contributed by atoms with Crippen molar-refractivity contribution in [3.8, 4) is 5.75 Å². The van der Waals surface area contributed by atoms with Crippen LogP contribution in [0.4, 0.5) is 5.13 Å². The quantitative estimate of drug-likeness (QED) is 0.535. The maximum Gasteiger partial charge on any atom is 0.243 e. The summed E-state index contributed by atoms with van der Waals surface area (Å²) >= 11 is 1.61. The van der Waals surface area contributed by atoms with Crippen LogP contribution < -0.4 is 9.64 Å². The minimum atomic E-state index is -3.71. The van der Waals surface area contributed by atoms with Crippen LogP contribution in [-0.4, -0.2) is 74.4 Å². The van der Waals surface area contributed by atoms with E-state index in [0.29, 0.717) is 45.6 Å². The summed E-state index contributed by atoms with van der Waals surface area (Å²) < 4.78 is 34.4. The predicted octanol–water partition coefficient (Wildman–Crippen LogP) is 3.12. The average Bonchev–Trinajstić information content (AvgIpc) is 3.52. The van der Waals surface area contributed by atoms with E-state index in [-0.39, 0.29) is 10.8 Å². The molecule has 3 heterocycles. The van der Waals surface area contributed by atoms with Crippen LogP contribution in [0.1, 0.15) is 18.4 Å². The lowest BCUT2D eigenvalue weighted by atomic mass is 10.2. The number of nitrogens with zero attached hydrogens (tertiary/aromatic N) is 4. The van der Waals surface area contributed by atoms with Gasteiger partial charge in [-0.15, -0.1) is 0 Å². The number of hydrogen-bond donors (Lipinski definition) is 0. The summed E-state index contributed by atoms with van der Waals surface area (Å²) in [7, 11) is -2.07. The molecule has 8 nitrogen and oxygen atoms in total. The highest BCUT2D eigenvalue weighted by atomic mass is 32.2. The number of hydrogen-bond acceptors (Lipinski definition) is 7. The highest BCUT2D eigenvalue weighted by Crippen LogP contribution is 2.34. The van der Waals surface area contributed by atoms with Crippen molar-refractivity contribution in [2.24, 2.45) is 0 Å². The van der Waals surface area contributed by atoms with Crippen LogP contribution in [-0.2, 0) is 14.8 Å². The third-order valence-electron chi connectivity index (χ3n) is 6.57. The van der Waals surface area contributed by atoms with Gasteiger partial charge in [-0.3, -0.25) is 4.79 Å². The molecular formula is C24H28N4O4S2. The minimum absolute atomic E-state index is 0.0983. The number of fused-ring (bicyclic) bond motifs is 1. The van der Waals surface area contributed by atoms with Crippen LogP contribution in [0.15, 0.2) is 47.4 Å². The van der Waals surface area contributed by atoms with Gasteiger partial charge in [0.2, 0.25) is 15.9 Å². The van der Waals surface area contributed by atoms with Gasteiger partial charge >= 0.3 is 0 Å². The summed E-state index contributed by atoms with van der Waals surface area (Å²) in [5.41, 5.74) is 1.85. The van der Waals surface area contributed by atoms with Crippen molar-refractivity contribution in [1.82, 2.24) is 14.2 Å². The van der Waals surface area contributed by atoms with Crippen molar-refractivity contribution in [2.45, 2.75) is 30.7 Å². The fourth-order valence-electron chi connectivity index (χ4n) is 4.66. The number of thiazole rings is 1. The van der Waals surface area contributed by atoms with E-state index in [9.17, 15) is 13.2 Å². The van der Waals surface area contributed by atoms with Gasteiger partial charge < -0.3 is 14.5 Å². The van der Waals surface area contributed by atoms with Crippen LogP contribution in [0.2, 0.25) is 0 Å². The molecule has 2 saturated heterocycles. The molecule has 0 N–H and O–H groups in total. The second-order valence-electron chi connectivity index (χ2n) is 8.70. The molecule has 0 bridgehead atoms. The van der Waals surface area contributed by atoms with Crippen LogP contribution in [0.25, 0.3) is 10.2 Å². The zero-order valence-corrected chi connectivity index (χ0v) is 20.9.